The lowest BCUT2D eigenvalue weighted by atomic mass is 10.1. The summed E-state index contributed by atoms with van der Waals surface area (Å²) < 4.78 is 3.50. The fraction of sp³-hybridized carbons (Fsp3) is 0.333. The van der Waals surface area contributed by atoms with E-state index in [2.05, 4.69) is 15.4 Å². The topological polar surface area (TPSA) is 81.8 Å². The minimum Gasteiger partial charge on any atom is -0.352 e. The van der Waals surface area contributed by atoms with E-state index < -0.39 is 0 Å². The van der Waals surface area contributed by atoms with Crippen LogP contribution in [0.25, 0.3) is 11.0 Å². The summed E-state index contributed by atoms with van der Waals surface area (Å²) in [5.41, 5.74) is 2.29. The second-order valence-electron chi connectivity index (χ2n) is 5.83. The molecular formula is C18H21N5O2. The lowest BCUT2D eigenvalue weighted by Gasteiger charge is -2.10. The fourth-order valence-corrected chi connectivity index (χ4v) is 2.81. The quantitative estimate of drug-likeness (QED) is 0.694. The van der Waals surface area contributed by atoms with Gasteiger partial charge in [-0.3, -0.25) is 14.3 Å². The predicted molar refractivity (Wildman–Crippen MR) is 95.6 cm³/mol. The van der Waals surface area contributed by atoms with Gasteiger partial charge in [-0.1, -0.05) is 0 Å². The first-order chi connectivity index (χ1) is 12.1. The molecule has 1 N–H and O–H groups in total. The smallest absolute Gasteiger partial charge is 0.272 e. The second kappa shape index (κ2) is 7.29. The third-order valence-corrected chi connectivity index (χ3v) is 4.10. The van der Waals surface area contributed by atoms with Crippen molar-refractivity contribution in [2.45, 2.75) is 33.4 Å². The van der Waals surface area contributed by atoms with Gasteiger partial charge in [-0.2, -0.15) is 5.10 Å². The summed E-state index contributed by atoms with van der Waals surface area (Å²) in [6.07, 6.45) is 4.43. The van der Waals surface area contributed by atoms with Crippen molar-refractivity contribution in [3.63, 3.8) is 0 Å². The van der Waals surface area contributed by atoms with E-state index in [9.17, 15) is 9.59 Å². The van der Waals surface area contributed by atoms with Crippen molar-refractivity contribution in [1.29, 1.82) is 0 Å². The predicted octanol–water partition coefficient (Wildman–Crippen LogP) is 1.74. The van der Waals surface area contributed by atoms with Gasteiger partial charge < -0.3 is 9.88 Å². The van der Waals surface area contributed by atoms with Crippen LogP contribution in [0, 0.1) is 6.92 Å². The lowest BCUT2D eigenvalue weighted by molar-refractivity contribution is 0.0952. The van der Waals surface area contributed by atoms with Crippen LogP contribution in [0.5, 0.6) is 0 Å². The van der Waals surface area contributed by atoms with Gasteiger partial charge in [-0.15, -0.1) is 0 Å². The SMILES string of the molecule is CCn1c(=O)c(C)nc2cc(C(=O)NCCCn3cccn3)ccc21. The summed E-state index contributed by atoms with van der Waals surface area (Å²) in [6.45, 7) is 5.50. The summed E-state index contributed by atoms with van der Waals surface area (Å²) in [5.74, 6) is -0.143. The highest BCUT2D eigenvalue weighted by molar-refractivity contribution is 5.97. The molecule has 3 aromatic rings. The van der Waals surface area contributed by atoms with Crippen LogP contribution in [0.15, 0.2) is 41.5 Å². The van der Waals surface area contributed by atoms with Gasteiger partial charge in [-0.25, -0.2) is 4.98 Å². The van der Waals surface area contributed by atoms with Gasteiger partial charge in [0.05, 0.1) is 11.0 Å². The summed E-state index contributed by atoms with van der Waals surface area (Å²) in [4.78, 5) is 28.8. The second-order valence-corrected chi connectivity index (χ2v) is 5.83. The Morgan fingerprint density at radius 1 is 1.32 bits per heavy atom. The van der Waals surface area contributed by atoms with E-state index in [0.717, 1.165) is 18.5 Å². The van der Waals surface area contributed by atoms with Crippen molar-refractivity contribution < 1.29 is 4.79 Å². The highest BCUT2D eigenvalue weighted by Gasteiger charge is 2.11. The van der Waals surface area contributed by atoms with Crippen LogP contribution in [0.3, 0.4) is 0 Å². The maximum atomic E-state index is 12.3. The zero-order valence-electron chi connectivity index (χ0n) is 14.4. The Bertz CT molecular complexity index is 944. The molecule has 7 heteroatoms. The van der Waals surface area contributed by atoms with E-state index in [1.165, 1.54) is 0 Å². The molecule has 1 amide bonds. The minimum atomic E-state index is -0.143. The number of hydrogen-bond acceptors (Lipinski definition) is 4. The molecular weight excluding hydrogens is 318 g/mol. The number of fused-ring (bicyclic) bond motifs is 1. The number of nitrogens with one attached hydrogen (secondary N) is 1. The summed E-state index contributed by atoms with van der Waals surface area (Å²) in [5, 5.41) is 7.03. The Kier molecular flexibility index (Phi) is 4.92. The van der Waals surface area contributed by atoms with Crippen LogP contribution in [-0.2, 0) is 13.1 Å². The zero-order chi connectivity index (χ0) is 17.8. The number of benzene rings is 1. The molecule has 0 saturated carbocycles. The number of carbonyl (C=O) groups is 1. The van der Waals surface area contributed by atoms with Crippen LogP contribution in [0.1, 0.15) is 29.4 Å². The molecule has 0 radical (unpaired) electrons. The van der Waals surface area contributed by atoms with E-state index in [1.54, 1.807) is 35.9 Å². The normalized spacial score (nSPS) is 11.0. The minimum absolute atomic E-state index is 0.0918. The molecule has 0 aliphatic carbocycles. The number of nitrogens with zero attached hydrogens (tertiary/aromatic N) is 4. The molecule has 0 bridgehead atoms. The maximum absolute atomic E-state index is 12.3. The lowest BCUT2D eigenvalue weighted by Crippen LogP contribution is -2.26. The van der Waals surface area contributed by atoms with Gasteiger partial charge in [0.25, 0.3) is 11.5 Å². The van der Waals surface area contributed by atoms with Gasteiger partial charge in [0.2, 0.25) is 0 Å². The third-order valence-electron chi connectivity index (χ3n) is 4.10. The third kappa shape index (κ3) is 3.60. The van der Waals surface area contributed by atoms with Gasteiger partial charge in [-0.05, 0) is 44.5 Å². The fourth-order valence-electron chi connectivity index (χ4n) is 2.81. The molecule has 2 heterocycles. The number of carbonyl (C=O) groups excluding carboxylic acids is 1. The highest BCUT2D eigenvalue weighted by atomic mass is 16.1. The van der Waals surface area contributed by atoms with E-state index in [0.29, 0.717) is 29.9 Å². The standard InChI is InChI=1S/C18H21N5O2/c1-3-23-16-7-6-14(12-15(16)21-13(2)18(23)25)17(24)19-8-4-10-22-11-5-9-20-22/h5-7,9,11-12H,3-4,8,10H2,1-2H3,(H,19,24). The Hall–Kier alpha value is -2.96. The van der Waals surface area contributed by atoms with Gasteiger partial charge in [0, 0.05) is 37.6 Å². The largest absolute Gasteiger partial charge is 0.352 e. The molecule has 0 aliphatic heterocycles. The molecule has 25 heavy (non-hydrogen) atoms. The Labute approximate surface area is 145 Å². The Morgan fingerprint density at radius 3 is 2.88 bits per heavy atom. The van der Waals surface area contributed by atoms with Crippen molar-refractivity contribution in [2.75, 3.05) is 6.54 Å². The number of aryl methyl sites for hydroxylation is 3. The zero-order valence-corrected chi connectivity index (χ0v) is 14.4. The average Bonchev–Trinajstić information content (AvgIpc) is 3.13. The van der Waals surface area contributed by atoms with Crippen molar-refractivity contribution in [3.8, 4) is 0 Å². The summed E-state index contributed by atoms with van der Waals surface area (Å²) in [7, 11) is 0. The van der Waals surface area contributed by atoms with E-state index in [1.807, 2.05) is 23.9 Å². The van der Waals surface area contributed by atoms with Gasteiger partial charge >= 0.3 is 0 Å². The molecule has 3 rings (SSSR count). The first kappa shape index (κ1) is 16.9. The monoisotopic (exact) mass is 339 g/mol. The number of aromatic nitrogens is 4. The molecule has 0 unspecified atom stereocenters. The van der Waals surface area contributed by atoms with Crippen LogP contribution in [0.4, 0.5) is 0 Å². The van der Waals surface area contributed by atoms with E-state index >= 15 is 0 Å². The van der Waals surface area contributed by atoms with E-state index in [4.69, 9.17) is 0 Å². The molecule has 0 saturated heterocycles. The molecule has 130 valence electrons. The first-order valence-electron chi connectivity index (χ1n) is 8.37. The summed E-state index contributed by atoms with van der Waals surface area (Å²) in [6, 6.07) is 7.12. The van der Waals surface area contributed by atoms with Crippen molar-refractivity contribution in [1.82, 2.24) is 24.6 Å². The van der Waals surface area contributed by atoms with Crippen LogP contribution in [0.2, 0.25) is 0 Å². The van der Waals surface area contributed by atoms with Crippen LogP contribution >= 0.6 is 0 Å². The van der Waals surface area contributed by atoms with Crippen LogP contribution in [-0.4, -0.2) is 31.8 Å². The highest BCUT2D eigenvalue weighted by Crippen LogP contribution is 2.13. The first-order valence-corrected chi connectivity index (χ1v) is 8.37. The molecule has 0 aliphatic rings. The van der Waals surface area contributed by atoms with Gasteiger partial charge in [0.15, 0.2) is 0 Å². The molecule has 0 atom stereocenters. The van der Waals surface area contributed by atoms with Crippen molar-refractivity contribution in [3.05, 3.63) is 58.3 Å². The Balaban J connectivity index is 1.71. The van der Waals surface area contributed by atoms with Crippen molar-refractivity contribution >= 4 is 16.9 Å². The molecule has 0 fully saturated rings. The van der Waals surface area contributed by atoms with Gasteiger partial charge in [0.1, 0.15) is 5.69 Å². The number of rotatable bonds is 6. The average molecular weight is 339 g/mol. The summed E-state index contributed by atoms with van der Waals surface area (Å²) >= 11 is 0. The van der Waals surface area contributed by atoms with E-state index in [-0.39, 0.29) is 11.5 Å². The van der Waals surface area contributed by atoms with Crippen LogP contribution < -0.4 is 10.9 Å². The molecule has 1 aromatic carbocycles. The molecule has 2 aromatic heterocycles. The number of hydrogen-bond donors (Lipinski definition) is 1. The van der Waals surface area contributed by atoms with Crippen molar-refractivity contribution in [2.24, 2.45) is 0 Å². The molecule has 0 spiro atoms. The molecule has 7 nitrogen and oxygen atoms in total. The number of amides is 1. The Morgan fingerprint density at radius 2 is 2.16 bits per heavy atom. The maximum Gasteiger partial charge on any atom is 0.272 e.